The number of aliphatic hydroxyl groups excluding tert-OH is 1. The molecule has 18 heavy (non-hydrogen) atoms. The molecule has 0 spiro atoms. The fourth-order valence-electron chi connectivity index (χ4n) is 1.02. The molecule has 0 aromatic carbocycles. The lowest BCUT2D eigenvalue weighted by Gasteiger charge is -2.13. The second-order valence-electron chi connectivity index (χ2n) is 3.52. The normalized spacial score (nSPS) is 13.3. The summed E-state index contributed by atoms with van der Waals surface area (Å²) in [5.74, 6) is -1.91. The predicted molar refractivity (Wildman–Crippen MR) is 60.9 cm³/mol. The number of amides is 2. The largest absolute Gasteiger partial charge is 0.479 e. The fraction of sp³-hybridized carbons (Fsp3) is 0.700. The third-order valence-corrected chi connectivity index (χ3v) is 1.98. The first-order valence-electron chi connectivity index (χ1n) is 5.50. The van der Waals surface area contributed by atoms with Crippen LogP contribution in [0.25, 0.3) is 0 Å². The molecule has 0 aliphatic carbocycles. The Balaban J connectivity index is 3.84. The van der Waals surface area contributed by atoms with Gasteiger partial charge in [0.25, 0.3) is 0 Å². The van der Waals surface area contributed by atoms with E-state index in [1.54, 1.807) is 6.92 Å². The Morgan fingerprint density at radius 1 is 1.33 bits per heavy atom. The van der Waals surface area contributed by atoms with E-state index in [2.05, 4.69) is 15.4 Å². The van der Waals surface area contributed by atoms with Crippen molar-refractivity contribution in [3.05, 3.63) is 0 Å². The molecule has 0 saturated carbocycles. The lowest BCUT2D eigenvalue weighted by molar-refractivity contribution is -0.147. The molecule has 0 bridgehead atoms. The van der Waals surface area contributed by atoms with E-state index < -0.39 is 30.1 Å². The van der Waals surface area contributed by atoms with Crippen LogP contribution in [-0.2, 0) is 14.3 Å². The molecule has 0 heterocycles. The highest BCUT2D eigenvalue weighted by Gasteiger charge is 2.17. The van der Waals surface area contributed by atoms with E-state index in [4.69, 9.17) is 10.2 Å². The minimum absolute atomic E-state index is 0.0190. The van der Waals surface area contributed by atoms with Crippen molar-refractivity contribution in [3.63, 3.8) is 0 Å². The summed E-state index contributed by atoms with van der Waals surface area (Å²) in [6, 6.07) is -1.43. The number of esters is 1. The van der Waals surface area contributed by atoms with Gasteiger partial charge in [0.15, 0.2) is 6.10 Å². The zero-order chi connectivity index (χ0) is 14.1. The first kappa shape index (κ1) is 16.2. The van der Waals surface area contributed by atoms with Gasteiger partial charge in [-0.3, -0.25) is 0 Å². The van der Waals surface area contributed by atoms with Gasteiger partial charge < -0.3 is 25.6 Å². The Bertz CT molecular complexity index is 307. The molecule has 0 saturated heterocycles. The quantitative estimate of drug-likeness (QED) is 0.439. The molecule has 8 heteroatoms. The van der Waals surface area contributed by atoms with Crippen LogP contribution in [-0.4, -0.2) is 53.5 Å². The van der Waals surface area contributed by atoms with Crippen molar-refractivity contribution in [2.75, 3.05) is 13.2 Å². The lowest BCUT2D eigenvalue weighted by atomic mass is 10.2. The Morgan fingerprint density at radius 3 is 2.44 bits per heavy atom. The summed E-state index contributed by atoms with van der Waals surface area (Å²) in [5.41, 5.74) is 0. The molecule has 0 rings (SSSR count). The predicted octanol–water partition coefficient (Wildman–Crippen LogP) is -0.927. The highest BCUT2D eigenvalue weighted by Crippen LogP contribution is 1.90. The molecule has 104 valence electrons. The number of ether oxygens (including phenoxy) is 1. The van der Waals surface area contributed by atoms with E-state index in [1.165, 1.54) is 6.92 Å². The van der Waals surface area contributed by atoms with E-state index >= 15 is 0 Å². The highest BCUT2D eigenvalue weighted by atomic mass is 16.5. The van der Waals surface area contributed by atoms with Gasteiger partial charge in [-0.15, -0.1) is 0 Å². The van der Waals surface area contributed by atoms with Crippen LogP contribution in [0.2, 0.25) is 0 Å². The van der Waals surface area contributed by atoms with E-state index in [-0.39, 0.29) is 19.6 Å². The number of urea groups is 1. The molecular weight excluding hydrogens is 244 g/mol. The van der Waals surface area contributed by atoms with Crippen molar-refractivity contribution in [2.45, 2.75) is 32.4 Å². The summed E-state index contributed by atoms with van der Waals surface area (Å²) in [7, 11) is 0. The third kappa shape index (κ3) is 6.69. The number of carboxylic acids is 1. The average Bonchev–Trinajstić information content (AvgIpc) is 2.28. The van der Waals surface area contributed by atoms with Crippen molar-refractivity contribution in [1.29, 1.82) is 0 Å². The van der Waals surface area contributed by atoms with Gasteiger partial charge in [-0.25, -0.2) is 14.4 Å². The second kappa shape index (κ2) is 8.29. The summed E-state index contributed by atoms with van der Waals surface area (Å²) in [6.07, 6.45) is -1.64. The molecule has 2 amide bonds. The first-order valence-corrected chi connectivity index (χ1v) is 5.50. The SMILES string of the molecule is CCOC(=O)C(C)NC(=O)NCCC(O)C(=O)O. The van der Waals surface area contributed by atoms with Crippen molar-refractivity contribution in [2.24, 2.45) is 0 Å². The van der Waals surface area contributed by atoms with Crippen LogP contribution in [0, 0.1) is 0 Å². The number of rotatable bonds is 7. The van der Waals surface area contributed by atoms with Gasteiger partial charge in [-0.05, 0) is 13.8 Å². The molecular formula is C10H18N2O6. The Hall–Kier alpha value is -1.83. The van der Waals surface area contributed by atoms with Gasteiger partial charge in [0, 0.05) is 13.0 Å². The average molecular weight is 262 g/mol. The summed E-state index contributed by atoms with van der Waals surface area (Å²) in [5, 5.41) is 21.9. The summed E-state index contributed by atoms with van der Waals surface area (Å²) < 4.78 is 4.68. The maximum Gasteiger partial charge on any atom is 0.332 e. The third-order valence-electron chi connectivity index (χ3n) is 1.98. The van der Waals surface area contributed by atoms with E-state index in [0.29, 0.717) is 0 Å². The van der Waals surface area contributed by atoms with Crippen LogP contribution in [0.1, 0.15) is 20.3 Å². The number of aliphatic hydroxyl groups is 1. The van der Waals surface area contributed by atoms with Crippen LogP contribution < -0.4 is 10.6 Å². The molecule has 0 aromatic heterocycles. The van der Waals surface area contributed by atoms with Crippen LogP contribution in [0.5, 0.6) is 0 Å². The zero-order valence-electron chi connectivity index (χ0n) is 10.3. The number of carbonyl (C=O) groups excluding carboxylic acids is 2. The van der Waals surface area contributed by atoms with Gasteiger partial charge in [-0.2, -0.15) is 0 Å². The van der Waals surface area contributed by atoms with Gasteiger partial charge in [0.2, 0.25) is 0 Å². The molecule has 0 fully saturated rings. The molecule has 0 aliphatic rings. The van der Waals surface area contributed by atoms with Gasteiger partial charge >= 0.3 is 18.0 Å². The monoisotopic (exact) mass is 262 g/mol. The van der Waals surface area contributed by atoms with Crippen LogP contribution >= 0.6 is 0 Å². The lowest BCUT2D eigenvalue weighted by Crippen LogP contribution is -2.45. The van der Waals surface area contributed by atoms with Gasteiger partial charge in [0.1, 0.15) is 6.04 Å². The van der Waals surface area contributed by atoms with Crippen LogP contribution in [0.4, 0.5) is 4.79 Å². The topological polar surface area (TPSA) is 125 Å². The summed E-state index contributed by atoms with van der Waals surface area (Å²) in [6.45, 7) is 3.31. The highest BCUT2D eigenvalue weighted by molar-refractivity contribution is 5.83. The maximum atomic E-state index is 11.3. The number of nitrogens with one attached hydrogen (secondary N) is 2. The Labute approximate surface area is 104 Å². The molecule has 2 atom stereocenters. The van der Waals surface area contributed by atoms with Crippen molar-refractivity contribution >= 4 is 18.0 Å². The van der Waals surface area contributed by atoms with E-state index in [1.807, 2.05) is 0 Å². The summed E-state index contributed by atoms with van der Waals surface area (Å²) >= 11 is 0. The standard InChI is InChI=1S/C10H18N2O6/c1-3-18-9(16)6(2)12-10(17)11-5-4-7(13)8(14)15/h6-7,13H,3-5H2,1-2H3,(H,14,15)(H2,11,12,17). The van der Waals surface area contributed by atoms with Crippen LogP contribution in [0.15, 0.2) is 0 Å². The first-order chi connectivity index (χ1) is 8.38. The molecule has 2 unspecified atom stereocenters. The fourth-order valence-corrected chi connectivity index (χ4v) is 1.02. The smallest absolute Gasteiger partial charge is 0.332 e. The summed E-state index contributed by atoms with van der Waals surface area (Å²) in [4.78, 5) is 32.7. The van der Waals surface area contributed by atoms with Gasteiger partial charge in [-0.1, -0.05) is 0 Å². The molecule has 0 aromatic rings. The Kier molecular flexibility index (Phi) is 7.45. The molecule has 0 radical (unpaired) electrons. The van der Waals surface area contributed by atoms with Crippen molar-refractivity contribution in [3.8, 4) is 0 Å². The Morgan fingerprint density at radius 2 is 1.94 bits per heavy atom. The molecule has 4 N–H and O–H groups in total. The van der Waals surface area contributed by atoms with Crippen molar-refractivity contribution in [1.82, 2.24) is 10.6 Å². The maximum absolute atomic E-state index is 11.3. The van der Waals surface area contributed by atoms with Crippen LogP contribution in [0.3, 0.4) is 0 Å². The second-order valence-corrected chi connectivity index (χ2v) is 3.52. The van der Waals surface area contributed by atoms with Crippen molar-refractivity contribution < 1.29 is 29.3 Å². The van der Waals surface area contributed by atoms with Gasteiger partial charge in [0.05, 0.1) is 6.61 Å². The molecule has 8 nitrogen and oxygen atoms in total. The number of aliphatic carboxylic acids is 1. The van der Waals surface area contributed by atoms with E-state index in [9.17, 15) is 14.4 Å². The molecule has 0 aliphatic heterocycles. The number of carbonyl (C=O) groups is 3. The van der Waals surface area contributed by atoms with E-state index in [0.717, 1.165) is 0 Å². The number of hydrogen-bond acceptors (Lipinski definition) is 5. The number of hydrogen-bond donors (Lipinski definition) is 4. The minimum Gasteiger partial charge on any atom is -0.479 e. The number of carboxylic acid groups (broad SMARTS) is 1. The zero-order valence-corrected chi connectivity index (χ0v) is 10.3. The minimum atomic E-state index is -1.52.